The number of amides is 1. The third-order valence-corrected chi connectivity index (χ3v) is 5.42. The number of hydrogen-bond donors (Lipinski definition) is 1. The summed E-state index contributed by atoms with van der Waals surface area (Å²) in [6.07, 6.45) is 4.93. The molecule has 0 radical (unpaired) electrons. The Morgan fingerprint density at radius 1 is 1.06 bits per heavy atom. The highest BCUT2D eigenvalue weighted by Crippen LogP contribution is 2.33. The Morgan fingerprint density at radius 2 is 1.85 bits per heavy atom. The van der Waals surface area contributed by atoms with Gasteiger partial charge in [-0.1, -0.05) is 18.2 Å². The van der Waals surface area contributed by atoms with Crippen molar-refractivity contribution in [3.63, 3.8) is 0 Å². The van der Waals surface area contributed by atoms with Gasteiger partial charge in [0, 0.05) is 24.2 Å². The number of nitrogens with zero attached hydrogens (tertiary/aromatic N) is 2. The van der Waals surface area contributed by atoms with Crippen molar-refractivity contribution >= 4 is 5.91 Å². The minimum absolute atomic E-state index is 0.0408. The summed E-state index contributed by atoms with van der Waals surface area (Å²) < 4.78 is 17.9. The van der Waals surface area contributed by atoms with Crippen LogP contribution in [0.15, 0.2) is 77.5 Å². The number of carbonyl (C=O) groups is 1. The van der Waals surface area contributed by atoms with Crippen LogP contribution in [0.1, 0.15) is 29.5 Å². The first-order valence-corrected chi connectivity index (χ1v) is 10.8. The lowest BCUT2D eigenvalue weighted by molar-refractivity contribution is 0.0938. The van der Waals surface area contributed by atoms with E-state index in [4.69, 9.17) is 19.0 Å². The number of nitrogens with one attached hydrogen (secondary N) is 1. The second-order valence-electron chi connectivity index (χ2n) is 7.73. The molecule has 2 aromatic heterocycles. The normalized spacial score (nSPS) is 11.7. The Kier molecular flexibility index (Phi) is 6.78. The highest BCUT2D eigenvalue weighted by molar-refractivity contribution is 6.00. The number of aryl methyl sites for hydroxylation is 1. The SMILES string of the molecule is COc1ccc(-c2nn(-c3ccccc3)cc2C(=O)NC(C)CCc2ccco2)cc1OC. The number of rotatable bonds is 9. The number of methoxy groups -OCH3 is 2. The van der Waals surface area contributed by atoms with E-state index in [0.717, 1.165) is 29.9 Å². The Morgan fingerprint density at radius 3 is 2.55 bits per heavy atom. The van der Waals surface area contributed by atoms with E-state index in [0.29, 0.717) is 22.8 Å². The first kappa shape index (κ1) is 22.2. The Labute approximate surface area is 192 Å². The molecule has 4 rings (SSSR count). The maximum atomic E-state index is 13.3. The van der Waals surface area contributed by atoms with Gasteiger partial charge < -0.3 is 19.2 Å². The van der Waals surface area contributed by atoms with Gasteiger partial charge in [0.05, 0.1) is 31.7 Å². The fourth-order valence-electron chi connectivity index (χ4n) is 3.64. The van der Waals surface area contributed by atoms with Gasteiger partial charge in [-0.2, -0.15) is 5.10 Å². The van der Waals surface area contributed by atoms with E-state index in [1.807, 2.05) is 67.6 Å². The number of carbonyl (C=O) groups excluding carboxylic acids is 1. The molecule has 0 aliphatic carbocycles. The van der Waals surface area contributed by atoms with E-state index in [9.17, 15) is 4.79 Å². The van der Waals surface area contributed by atoms with E-state index in [-0.39, 0.29) is 11.9 Å². The molecule has 170 valence electrons. The number of aromatic nitrogens is 2. The summed E-state index contributed by atoms with van der Waals surface area (Å²) in [6.45, 7) is 1.98. The number of hydrogen-bond acceptors (Lipinski definition) is 5. The van der Waals surface area contributed by atoms with E-state index in [1.165, 1.54) is 0 Å². The molecule has 0 aliphatic heterocycles. The van der Waals surface area contributed by atoms with Crippen LogP contribution in [0.25, 0.3) is 16.9 Å². The minimum atomic E-state index is -0.186. The van der Waals surface area contributed by atoms with Gasteiger partial charge >= 0.3 is 0 Å². The Hall–Kier alpha value is -4.00. The molecule has 1 N–H and O–H groups in total. The summed E-state index contributed by atoms with van der Waals surface area (Å²) in [6, 6.07) is 19.0. The second kappa shape index (κ2) is 10.1. The summed E-state index contributed by atoms with van der Waals surface area (Å²) in [5.41, 5.74) is 2.67. The van der Waals surface area contributed by atoms with Gasteiger partial charge in [-0.3, -0.25) is 4.79 Å². The molecular weight excluding hydrogens is 418 g/mol. The molecular formula is C26H27N3O4. The number of ether oxygens (including phenoxy) is 2. The molecule has 0 fully saturated rings. The van der Waals surface area contributed by atoms with Gasteiger partial charge in [0.25, 0.3) is 5.91 Å². The van der Waals surface area contributed by atoms with Crippen LogP contribution in [0.3, 0.4) is 0 Å². The molecule has 7 nitrogen and oxygen atoms in total. The molecule has 1 unspecified atom stereocenters. The van der Waals surface area contributed by atoms with E-state index in [2.05, 4.69) is 5.32 Å². The zero-order chi connectivity index (χ0) is 23.2. The zero-order valence-corrected chi connectivity index (χ0v) is 18.9. The van der Waals surface area contributed by atoms with Crippen LogP contribution in [0, 0.1) is 0 Å². The Balaban J connectivity index is 1.64. The Bertz CT molecular complexity index is 1200. The van der Waals surface area contributed by atoms with Crippen molar-refractivity contribution in [2.75, 3.05) is 14.2 Å². The van der Waals surface area contributed by atoms with Crippen LogP contribution < -0.4 is 14.8 Å². The molecule has 1 atom stereocenters. The van der Waals surface area contributed by atoms with Gasteiger partial charge in [-0.25, -0.2) is 4.68 Å². The van der Waals surface area contributed by atoms with Crippen molar-refractivity contribution in [3.8, 4) is 28.4 Å². The van der Waals surface area contributed by atoms with Crippen LogP contribution in [0.2, 0.25) is 0 Å². The summed E-state index contributed by atoms with van der Waals surface area (Å²) in [4.78, 5) is 13.3. The van der Waals surface area contributed by atoms with Crippen molar-refractivity contribution in [1.82, 2.24) is 15.1 Å². The third-order valence-electron chi connectivity index (χ3n) is 5.42. The lowest BCUT2D eigenvalue weighted by atomic mass is 10.1. The van der Waals surface area contributed by atoms with Crippen LogP contribution in [-0.4, -0.2) is 35.9 Å². The van der Waals surface area contributed by atoms with Crippen molar-refractivity contribution in [1.29, 1.82) is 0 Å². The third kappa shape index (κ3) is 5.09. The zero-order valence-electron chi connectivity index (χ0n) is 18.9. The molecule has 33 heavy (non-hydrogen) atoms. The molecule has 0 spiro atoms. The van der Waals surface area contributed by atoms with Crippen LogP contribution in [0.4, 0.5) is 0 Å². The average Bonchev–Trinajstić information content (AvgIpc) is 3.53. The standard InChI is InChI=1S/C26H27N3O4/c1-18(11-13-21-10-7-15-33-21)27-26(30)22-17-29(20-8-5-4-6-9-20)28-25(22)19-12-14-23(31-2)24(16-19)32-3/h4-10,12,14-18H,11,13H2,1-3H3,(H,27,30). The van der Waals surface area contributed by atoms with Crippen molar-refractivity contribution in [3.05, 3.63) is 84.4 Å². The quantitative estimate of drug-likeness (QED) is 0.396. The van der Waals surface area contributed by atoms with E-state index in [1.54, 1.807) is 31.4 Å². The van der Waals surface area contributed by atoms with Crippen molar-refractivity contribution < 1.29 is 18.7 Å². The van der Waals surface area contributed by atoms with Crippen LogP contribution in [0.5, 0.6) is 11.5 Å². The topological polar surface area (TPSA) is 78.5 Å². The van der Waals surface area contributed by atoms with Gasteiger partial charge in [0.1, 0.15) is 11.5 Å². The van der Waals surface area contributed by atoms with E-state index >= 15 is 0 Å². The largest absolute Gasteiger partial charge is 0.493 e. The molecule has 1 amide bonds. The van der Waals surface area contributed by atoms with Crippen molar-refractivity contribution in [2.45, 2.75) is 25.8 Å². The lowest BCUT2D eigenvalue weighted by Crippen LogP contribution is -2.33. The molecule has 0 saturated carbocycles. The first-order valence-electron chi connectivity index (χ1n) is 10.8. The molecule has 2 heterocycles. The van der Waals surface area contributed by atoms with Crippen molar-refractivity contribution in [2.24, 2.45) is 0 Å². The number of para-hydroxylation sites is 1. The summed E-state index contributed by atoms with van der Waals surface area (Å²) >= 11 is 0. The highest BCUT2D eigenvalue weighted by Gasteiger charge is 2.21. The fraction of sp³-hybridized carbons (Fsp3) is 0.231. The van der Waals surface area contributed by atoms with Gasteiger partial charge in [-0.05, 0) is 55.8 Å². The summed E-state index contributed by atoms with van der Waals surface area (Å²) in [7, 11) is 3.17. The molecule has 0 bridgehead atoms. The predicted molar refractivity (Wildman–Crippen MR) is 126 cm³/mol. The maximum absolute atomic E-state index is 13.3. The van der Waals surface area contributed by atoms with Gasteiger partial charge in [0.15, 0.2) is 11.5 Å². The maximum Gasteiger partial charge on any atom is 0.255 e. The van der Waals surface area contributed by atoms with Gasteiger partial charge in [0.2, 0.25) is 0 Å². The molecule has 2 aromatic carbocycles. The lowest BCUT2D eigenvalue weighted by Gasteiger charge is -2.13. The highest BCUT2D eigenvalue weighted by atomic mass is 16.5. The van der Waals surface area contributed by atoms with Gasteiger partial charge in [-0.15, -0.1) is 0 Å². The summed E-state index contributed by atoms with van der Waals surface area (Å²) in [5, 5.41) is 7.84. The number of benzene rings is 2. The first-order chi connectivity index (χ1) is 16.1. The minimum Gasteiger partial charge on any atom is -0.493 e. The fourth-order valence-corrected chi connectivity index (χ4v) is 3.64. The summed E-state index contributed by atoms with van der Waals surface area (Å²) in [5.74, 6) is 1.90. The van der Waals surface area contributed by atoms with E-state index < -0.39 is 0 Å². The molecule has 0 aliphatic rings. The molecule has 4 aromatic rings. The molecule has 0 saturated heterocycles. The predicted octanol–water partition coefficient (Wildman–Crippen LogP) is 4.90. The van der Waals surface area contributed by atoms with Crippen LogP contribution in [-0.2, 0) is 6.42 Å². The molecule has 7 heteroatoms. The smallest absolute Gasteiger partial charge is 0.255 e. The second-order valence-corrected chi connectivity index (χ2v) is 7.73. The number of furan rings is 1. The average molecular weight is 446 g/mol. The van der Waals surface area contributed by atoms with Crippen LogP contribution >= 0.6 is 0 Å². The monoisotopic (exact) mass is 445 g/mol.